The first kappa shape index (κ1) is 22.3. The lowest BCUT2D eigenvalue weighted by molar-refractivity contribution is -0.122. The second kappa shape index (κ2) is 9.21. The highest BCUT2D eigenvalue weighted by molar-refractivity contribution is 5.97. The van der Waals surface area contributed by atoms with Crippen LogP contribution in [0.15, 0.2) is 71.3 Å². The number of amides is 1. The number of nitrogens with zero attached hydrogens (tertiary/aromatic N) is 1. The number of hydrogen-bond acceptors (Lipinski definition) is 4. The van der Waals surface area contributed by atoms with Crippen LogP contribution in [0.5, 0.6) is 5.75 Å². The van der Waals surface area contributed by atoms with E-state index in [-0.39, 0.29) is 29.3 Å². The van der Waals surface area contributed by atoms with E-state index in [1.165, 1.54) is 16.7 Å². The minimum absolute atomic E-state index is 0.0455. The molecule has 1 amide bonds. The number of ether oxygens (including phenoxy) is 1. The van der Waals surface area contributed by atoms with E-state index in [0.29, 0.717) is 5.75 Å². The first-order chi connectivity index (χ1) is 14.7. The van der Waals surface area contributed by atoms with Gasteiger partial charge in [0.05, 0.1) is 13.4 Å². The largest absolute Gasteiger partial charge is 0.497 e. The van der Waals surface area contributed by atoms with Crippen LogP contribution in [0.2, 0.25) is 0 Å². The van der Waals surface area contributed by atoms with Crippen LogP contribution in [-0.2, 0) is 16.6 Å². The summed E-state index contributed by atoms with van der Waals surface area (Å²) in [5, 5.41) is 0. The third kappa shape index (κ3) is 5.23. The topological polar surface area (TPSA) is 59.8 Å². The highest BCUT2D eigenvalue weighted by atomic mass is 16.5. The number of benzene rings is 2. The van der Waals surface area contributed by atoms with E-state index < -0.39 is 6.04 Å². The Morgan fingerprint density at radius 3 is 2.16 bits per heavy atom. The van der Waals surface area contributed by atoms with Crippen molar-refractivity contribution in [3.05, 3.63) is 89.4 Å². The molecule has 0 saturated heterocycles. The van der Waals surface area contributed by atoms with Crippen molar-refractivity contribution >= 4 is 11.7 Å². The number of likely N-dealkylation sites (N-methyl/N-ethyl adjacent to an activating group) is 1. The van der Waals surface area contributed by atoms with Gasteiger partial charge in [-0.1, -0.05) is 57.2 Å². The van der Waals surface area contributed by atoms with Crippen molar-refractivity contribution in [1.29, 1.82) is 0 Å². The van der Waals surface area contributed by atoms with Crippen LogP contribution in [0.4, 0.5) is 0 Å². The van der Waals surface area contributed by atoms with Gasteiger partial charge in [-0.2, -0.15) is 0 Å². The highest BCUT2D eigenvalue weighted by Crippen LogP contribution is 2.27. The van der Waals surface area contributed by atoms with Crippen molar-refractivity contribution in [3.63, 3.8) is 0 Å². The van der Waals surface area contributed by atoms with Crippen molar-refractivity contribution in [2.75, 3.05) is 14.2 Å². The van der Waals surface area contributed by atoms with Gasteiger partial charge in [0.25, 0.3) is 5.91 Å². The normalized spacial score (nSPS) is 12.3. The van der Waals surface area contributed by atoms with Crippen molar-refractivity contribution in [2.24, 2.45) is 0 Å². The number of ketones is 1. The molecule has 0 bridgehead atoms. The average molecular weight is 420 g/mol. The minimum atomic E-state index is -0.745. The maximum Gasteiger partial charge on any atom is 0.290 e. The zero-order valence-corrected chi connectivity index (χ0v) is 18.7. The predicted octanol–water partition coefficient (Wildman–Crippen LogP) is 5.21. The Hall–Kier alpha value is -3.34. The Morgan fingerprint density at radius 1 is 1.00 bits per heavy atom. The molecule has 0 aliphatic carbocycles. The summed E-state index contributed by atoms with van der Waals surface area (Å²) in [6.45, 7) is 6.46. The van der Waals surface area contributed by atoms with Gasteiger partial charge in [0.1, 0.15) is 11.8 Å². The van der Waals surface area contributed by atoms with E-state index in [1.807, 2.05) is 24.3 Å². The molecule has 0 aliphatic heterocycles. The summed E-state index contributed by atoms with van der Waals surface area (Å²) < 4.78 is 10.5. The Bertz CT molecular complexity index is 1010. The second-order valence-electron chi connectivity index (χ2n) is 8.66. The van der Waals surface area contributed by atoms with Gasteiger partial charge in [-0.3, -0.25) is 9.59 Å². The van der Waals surface area contributed by atoms with Gasteiger partial charge in [0.2, 0.25) is 0 Å². The van der Waals surface area contributed by atoms with Gasteiger partial charge in [-0.15, -0.1) is 0 Å². The highest BCUT2D eigenvalue weighted by Gasteiger charge is 2.30. The molecule has 0 N–H and O–H groups in total. The second-order valence-corrected chi connectivity index (χ2v) is 8.66. The molecule has 0 radical (unpaired) electrons. The van der Waals surface area contributed by atoms with Gasteiger partial charge < -0.3 is 14.1 Å². The van der Waals surface area contributed by atoms with Crippen LogP contribution >= 0.6 is 0 Å². The predicted molar refractivity (Wildman–Crippen MR) is 120 cm³/mol. The molecule has 5 heteroatoms. The number of methoxy groups -OCH3 is 1. The standard InChI is InChI=1S/C26H29NO4/c1-26(2,3)20-12-8-18(9-13-20)17-22(28)24(19-10-14-21(30-5)15-11-19)27(4)25(29)23-7-6-16-31-23/h6-16,24H,17H2,1-5H3/t24-/m1/s1. The van der Waals surface area contributed by atoms with E-state index in [0.717, 1.165) is 11.1 Å². The molecule has 0 aliphatic rings. The molecule has 1 aromatic heterocycles. The van der Waals surface area contributed by atoms with Gasteiger partial charge in [-0.05, 0) is 46.4 Å². The summed E-state index contributed by atoms with van der Waals surface area (Å²) in [5.74, 6) is 0.467. The van der Waals surface area contributed by atoms with E-state index in [9.17, 15) is 9.59 Å². The molecule has 0 unspecified atom stereocenters. The number of carbonyl (C=O) groups is 2. The Morgan fingerprint density at radius 2 is 1.65 bits per heavy atom. The molecular formula is C26H29NO4. The third-order valence-corrected chi connectivity index (χ3v) is 5.37. The molecule has 1 atom stereocenters. The molecule has 31 heavy (non-hydrogen) atoms. The van der Waals surface area contributed by atoms with Crippen molar-refractivity contribution in [3.8, 4) is 5.75 Å². The lowest BCUT2D eigenvalue weighted by Gasteiger charge is -2.27. The number of Topliss-reactive ketones (excluding diaryl/α,β-unsaturated/α-hetero) is 1. The molecular weight excluding hydrogens is 390 g/mol. The summed E-state index contributed by atoms with van der Waals surface area (Å²) >= 11 is 0. The van der Waals surface area contributed by atoms with E-state index in [4.69, 9.17) is 9.15 Å². The number of furan rings is 1. The van der Waals surface area contributed by atoms with Crippen LogP contribution < -0.4 is 4.74 Å². The first-order valence-corrected chi connectivity index (χ1v) is 10.3. The van der Waals surface area contributed by atoms with Crippen LogP contribution in [0.25, 0.3) is 0 Å². The minimum Gasteiger partial charge on any atom is -0.497 e. The van der Waals surface area contributed by atoms with Crippen molar-refractivity contribution < 1.29 is 18.7 Å². The Labute approximate surface area is 183 Å². The van der Waals surface area contributed by atoms with E-state index >= 15 is 0 Å². The molecule has 3 rings (SSSR count). The van der Waals surface area contributed by atoms with Crippen LogP contribution in [-0.4, -0.2) is 30.7 Å². The summed E-state index contributed by atoms with van der Waals surface area (Å²) in [7, 11) is 3.21. The molecule has 0 saturated carbocycles. The van der Waals surface area contributed by atoms with Gasteiger partial charge in [-0.25, -0.2) is 0 Å². The summed E-state index contributed by atoms with van der Waals surface area (Å²) in [6, 6.07) is 17.8. The van der Waals surface area contributed by atoms with Crippen molar-refractivity contribution in [2.45, 2.75) is 38.6 Å². The fourth-order valence-corrected chi connectivity index (χ4v) is 3.52. The van der Waals surface area contributed by atoms with Crippen LogP contribution in [0.3, 0.4) is 0 Å². The lowest BCUT2D eigenvalue weighted by atomic mass is 9.86. The maximum absolute atomic E-state index is 13.4. The monoisotopic (exact) mass is 419 g/mol. The van der Waals surface area contributed by atoms with Gasteiger partial charge in [0.15, 0.2) is 11.5 Å². The van der Waals surface area contributed by atoms with Gasteiger partial charge in [0, 0.05) is 13.5 Å². The summed E-state index contributed by atoms with van der Waals surface area (Å²) in [5.41, 5.74) is 2.89. The summed E-state index contributed by atoms with van der Waals surface area (Å²) in [6.07, 6.45) is 1.67. The SMILES string of the molecule is COc1ccc([C@H](C(=O)Cc2ccc(C(C)(C)C)cc2)N(C)C(=O)c2ccco2)cc1. The molecule has 0 spiro atoms. The first-order valence-electron chi connectivity index (χ1n) is 10.3. The zero-order chi connectivity index (χ0) is 22.6. The number of hydrogen-bond donors (Lipinski definition) is 0. The fourth-order valence-electron chi connectivity index (χ4n) is 3.52. The molecule has 3 aromatic rings. The van der Waals surface area contributed by atoms with Gasteiger partial charge >= 0.3 is 0 Å². The smallest absolute Gasteiger partial charge is 0.290 e. The van der Waals surface area contributed by atoms with E-state index in [1.54, 1.807) is 38.4 Å². The third-order valence-electron chi connectivity index (χ3n) is 5.37. The molecule has 162 valence electrons. The van der Waals surface area contributed by atoms with Crippen LogP contribution in [0.1, 0.15) is 54.1 Å². The molecule has 2 aromatic carbocycles. The van der Waals surface area contributed by atoms with Crippen LogP contribution in [0, 0.1) is 0 Å². The average Bonchev–Trinajstić information content (AvgIpc) is 3.28. The molecule has 0 fully saturated rings. The van der Waals surface area contributed by atoms with E-state index in [2.05, 4.69) is 32.9 Å². The Balaban J connectivity index is 1.89. The fraction of sp³-hybridized carbons (Fsp3) is 0.308. The number of rotatable bonds is 7. The molecule has 5 nitrogen and oxygen atoms in total. The van der Waals surface area contributed by atoms with Crippen molar-refractivity contribution in [1.82, 2.24) is 4.90 Å². The maximum atomic E-state index is 13.4. The summed E-state index contributed by atoms with van der Waals surface area (Å²) in [4.78, 5) is 27.8. The quantitative estimate of drug-likeness (QED) is 0.527. The molecule has 1 heterocycles. The number of carbonyl (C=O) groups excluding carboxylic acids is 2. The lowest BCUT2D eigenvalue weighted by Crippen LogP contribution is -2.36. The zero-order valence-electron chi connectivity index (χ0n) is 18.7. The Kier molecular flexibility index (Phi) is 6.64.